The highest BCUT2D eigenvalue weighted by Gasteiger charge is 2.44. The first-order chi connectivity index (χ1) is 11.7. The Kier molecular flexibility index (Phi) is 4.35. The molecular formula is C20H25NO4. The number of ether oxygens (including phenoxy) is 1. The monoisotopic (exact) mass is 343 g/mol. The molecule has 0 spiro atoms. The van der Waals surface area contributed by atoms with Crippen LogP contribution in [0.25, 0.3) is 0 Å². The third-order valence-corrected chi connectivity index (χ3v) is 4.63. The number of dihydropyridines is 1. The molecule has 2 heterocycles. The van der Waals surface area contributed by atoms with Gasteiger partial charge in [-0.2, -0.15) is 0 Å². The van der Waals surface area contributed by atoms with Crippen molar-refractivity contribution in [3.63, 3.8) is 0 Å². The van der Waals surface area contributed by atoms with Crippen LogP contribution in [0.1, 0.15) is 59.1 Å². The number of Topliss-reactive ketones (excluding diaryl/α,β-unsaturated/α-hetero) is 1. The zero-order valence-corrected chi connectivity index (χ0v) is 15.4. The summed E-state index contributed by atoms with van der Waals surface area (Å²) < 4.78 is 11.0. The zero-order chi connectivity index (χ0) is 18.4. The fourth-order valence-electron chi connectivity index (χ4n) is 3.72. The van der Waals surface area contributed by atoms with E-state index in [1.165, 1.54) is 0 Å². The summed E-state index contributed by atoms with van der Waals surface area (Å²) in [6.45, 7) is 9.64. The molecule has 1 atom stereocenters. The number of allylic oxidation sites excluding steroid dienone is 3. The Morgan fingerprint density at radius 3 is 2.68 bits per heavy atom. The maximum Gasteiger partial charge on any atom is 0.337 e. The van der Waals surface area contributed by atoms with Crippen molar-refractivity contribution in [3.8, 4) is 0 Å². The van der Waals surface area contributed by atoms with Crippen LogP contribution in [0, 0.1) is 5.41 Å². The van der Waals surface area contributed by atoms with E-state index in [-0.39, 0.29) is 17.3 Å². The topological polar surface area (TPSA) is 68.5 Å². The lowest BCUT2D eigenvalue weighted by Crippen LogP contribution is -2.38. The summed E-state index contributed by atoms with van der Waals surface area (Å²) in [4.78, 5) is 25.7. The van der Waals surface area contributed by atoms with Gasteiger partial charge in [-0.15, -0.1) is 0 Å². The molecule has 1 aliphatic heterocycles. The Hall–Kier alpha value is -2.30. The average Bonchev–Trinajstić information content (AvgIpc) is 2.96. The molecule has 0 saturated carbocycles. The Bertz CT molecular complexity index is 766. The highest BCUT2D eigenvalue weighted by Crippen LogP contribution is 2.46. The lowest BCUT2D eigenvalue weighted by molar-refractivity contribution is -0.143. The van der Waals surface area contributed by atoms with E-state index < -0.39 is 11.9 Å². The van der Waals surface area contributed by atoms with Crippen LogP contribution in [0.15, 0.2) is 45.4 Å². The summed E-state index contributed by atoms with van der Waals surface area (Å²) in [5, 5.41) is 3.30. The van der Waals surface area contributed by atoms with Gasteiger partial charge < -0.3 is 14.5 Å². The van der Waals surface area contributed by atoms with Crippen LogP contribution in [0.5, 0.6) is 0 Å². The SMILES string of the molecule is CC1=C(C(=O)OC(C)C)[C@@H](c2ccco2)C2=C(CC(C)(C)CC2=O)N1. The van der Waals surface area contributed by atoms with Gasteiger partial charge >= 0.3 is 5.97 Å². The van der Waals surface area contributed by atoms with Crippen molar-refractivity contribution in [1.29, 1.82) is 0 Å². The maximum absolute atomic E-state index is 12.9. The van der Waals surface area contributed by atoms with Crippen LogP contribution in [0.4, 0.5) is 0 Å². The molecule has 134 valence electrons. The normalized spacial score (nSPS) is 22.8. The lowest BCUT2D eigenvalue weighted by atomic mass is 9.69. The van der Waals surface area contributed by atoms with Crippen LogP contribution in [0.3, 0.4) is 0 Å². The largest absolute Gasteiger partial charge is 0.468 e. The molecule has 0 saturated heterocycles. The van der Waals surface area contributed by atoms with E-state index in [1.54, 1.807) is 12.3 Å². The van der Waals surface area contributed by atoms with Gasteiger partial charge in [-0.05, 0) is 44.7 Å². The predicted molar refractivity (Wildman–Crippen MR) is 93.6 cm³/mol. The molecule has 1 N–H and O–H groups in total. The number of ketones is 1. The van der Waals surface area contributed by atoms with Crippen LogP contribution in [0.2, 0.25) is 0 Å². The van der Waals surface area contributed by atoms with Crippen LogP contribution < -0.4 is 5.32 Å². The van der Waals surface area contributed by atoms with Crippen molar-refractivity contribution in [2.75, 3.05) is 0 Å². The summed E-state index contributed by atoms with van der Waals surface area (Å²) >= 11 is 0. The van der Waals surface area contributed by atoms with E-state index in [4.69, 9.17) is 9.15 Å². The van der Waals surface area contributed by atoms with Crippen LogP contribution >= 0.6 is 0 Å². The molecule has 5 nitrogen and oxygen atoms in total. The van der Waals surface area contributed by atoms with Crippen molar-refractivity contribution in [2.24, 2.45) is 5.41 Å². The number of carbonyl (C=O) groups excluding carboxylic acids is 2. The molecule has 0 amide bonds. The number of carbonyl (C=O) groups is 2. The molecule has 0 aromatic carbocycles. The van der Waals surface area contributed by atoms with Crippen LogP contribution in [-0.2, 0) is 14.3 Å². The van der Waals surface area contributed by atoms with E-state index in [2.05, 4.69) is 19.2 Å². The highest BCUT2D eigenvalue weighted by atomic mass is 16.5. The number of hydrogen-bond acceptors (Lipinski definition) is 5. The van der Waals surface area contributed by atoms with Crippen molar-refractivity contribution in [2.45, 2.75) is 59.5 Å². The number of furan rings is 1. The number of esters is 1. The standard InChI is InChI=1S/C20H25NO4/c1-11(2)25-19(23)16-12(3)21-13-9-20(4,5)10-14(22)17(13)18(16)15-7-6-8-24-15/h6-8,11,18,21H,9-10H2,1-5H3/t18-/m1/s1. The fraction of sp³-hybridized carbons (Fsp3) is 0.500. The molecule has 1 aliphatic carbocycles. The Morgan fingerprint density at radius 1 is 1.36 bits per heavy atom. The Balaban J connectivity index is 2.12. The molecule has 0 radical (unpaired) electrons. The minimum Gasteiger partial charge on any atom is -0.468 e. The van der Waals surface area contributed by atoms with Gasteiger partial charge in [-0.3, -0.25) is 4.79 Å². The molecule has 0 unspecified atom stereocenters. The number of hydrogen-bond donors (Lipinski definition) is 1. The summed E-state index contributed by atoms with van der Waals surface area (Å²) in [5.41, 5.74) is 2.59. The van der Waals surface area contributed by atoms with E-state index in [0.717, 1.165) is 17.8 Å². The minimum absolute atomic E-state index is 0.0579. The van der Waals surface area contributed by atoms with E-state index in [9.17, 15) is 9.59 Å². The second-order valence-electron chi connectivity index (χ2n) is 7.90. The van der Waals surface area contributed by atoms with E-state index in [1.807, 2.05) is 26.8 Å². The Labute approximate surface area is 148 Å². The van der Waals surface area contributed by atoms with Crippen molar-refractivity contribution >= 4 is 11.8 Å². The highest BCUT2D eigenvalue weighted by molar-refractivity contribution is 6.04. The van der Waals surface area contributed by atoms with E-state index >= 15 is 0 Å². The first kappa shape index (κ1) is 17.5. The molecule has 0 fully saturated rings. The van der Waals surface area contributed by atoms with Crippen LogP contribution in [-0.4, -0.2) is 17.9 Å². The summed E-state index contributed by atoms with van der Waals surface area (Å²) in [6.07, 6.45) is 2.54. The van der Waals surface area contributed by atoms with Gasteiger partial charge in [0.05, 0.1) is 23.9 Å². The maximum atomic E-state index is 12.9. The number of nitrogens with one attached hydrogen (secondary N) is 1. The van der Waals surface area contributed by atoms with Gasteiger partial charge in [0.25, 0.3) is 0 Å². The molecule has 1 aromatic rings. The molecule has 3 rings (SSSR count). The summed E-state index contributed by atoms with van der Waals surface area (Å²) in [6, 6.07) is 3.58. The third-order valence-electron chi connectivity index (χ3n) is 4.63. The van der Waals surface area contributed by atoms with Gasteiger partial charge in [0, 0.05) is 23.4 Å². The van der Waals surface area contributed by atoms with Gasteiger partial charge in [-0.1, -0.05) is 13.8 Å². The van der Waals surface area contributed by atoms with Crippen molar-refractivity contribution < 1.29 is 18.7 Å². The Morgan fingerprint density at radius 2 is 2.08 bits per heavy atom. The summed E-state index contributed by atoms with van der Waals surface area (Å²) in [5.74, 6) is -0.272. The van der Waals surface area contributed by atoms with Gasteiger partial charge in [-0.25, -0.2) is 4.79 Å². The molecule has 1 aromatic heterocycles. The number of rotatable bonds is 3. The second-order valence-corrected chi connectivity index (χ2v) is 7.90. The van der Waals surface area contributed by atoms with Gasteiger partial charge in [0.2, 0.25) is 0 Å². The first-order valence-corrected chi connectivity index (χ1v) is 8.68. The lowest BCUT2D eigenvalue weighted by Gasteiger charge is -2.38. The van der Waals surface area contributed by atoms with Gasteiger partial charge in [0.1, 0.15) is 5.76 Å². The molecule has 5 heteroatoms. The average molecular weight is 343 g/mol. The minimum atomic E-state index is -0.513. The molecular weight excluding hydrogens is 318 g/mol. The fourth-order valence-corrected chi connectivity index (χ4v) is 3.72. The van der Waals surface area contributed by atoms with Crippen molar-refractivity contribution in [3.05, 3.63) is 46.7 Å². The van der Waals surface area contributed by atoms with E-state index in [0.29, 0.717) is 23.3 Å². The molecule has 0 bridgehead atoms. The summed E-state index contributed by atoms with van der Waals surface area (Å²) in [7, 11) is 0. The zero-order valence-electron chi connectivity index (χ0n) is 15.4. The predicted octanol–water partition coefficient (Wildman–Crippen LogP) is 3.84. The molecule has 25 heavy (non-hydrogen) atoms. The second kappa shape index (κ2) is 6.21. The van der Waals surface area contributed by atoms with Crippen molar-refractivity contribution in [1.82, 2.24) is 5.32 Å². The first-order valence-electron chi connectivity index (χ1n) is 8.68. The quantitative estimate of drug-likeness (QED) is 0.845. The third kappa shape index (κ3) is 3.28. The van der Waals surface area contributed by atoms with Gasteiger partial charge in [0.15, 0.2) is 5.78 Å². The molecule has 2 aliphatic rings. The smallest absolute Gasteiger partial charge is 0.337 e.